The van der Waals surface area contributed by atoms with Crippen molar-refractivity contribution >= 4 is 17.1 Å². The molecular weight excluding hydrogens is 252 g/mol. The topological polar surface area (TPSA) is 56.5 Å². The highest BCUT2D eigenvalue weighted by molar-refractivity contribution is 5.67. The number of anilines is 3. The molecule has 0 spiro atoms. The van der Waals surface area contributed by atoms with E-state index in [1.54, 1.807) is 0 Å². The first-order chi connectivity index (χ1) is 9.70. The van der Waals surface area contributed by atoms with Gasteiger partial charge in [-0.05, 0) is 42.8 Å². The number of hydrogen-bond donors (Lipinski definition) is 2. The molecule has 2 aromatic carbocycles. The molecule has 0 saturated heterocycles. The summed E-state index contributed by atoms with van der Waals surface area (Å²) in [5.41, 5.74) is 9.67. The molecule has 4 nitrogen and oxygen atoms in total. The Kier molecular flexibility index (Phi) is 3.37. The summed E-state index contributed by atoms with van der Waals surface area (Å²) < 4.78 is 11.3. The van der Waals surface area contributed by atoms with Crippen molar-refractivity contribution in [3.63, 3.8) is 0 Å². The van der Waals surface area contributed by atoms with Crippen molar-refractivity contribution in [1.82, 2.24) is 0 Å². The van der Waals surface area contributed by atoms with E-state index in [0.717, 1.165) is 40.5 Å². The van der Waals surface area contributed by atoms with Crippen LogP contribution >= 0.6 is 0 Å². The molecule has 0 fully saturated rings. The van der Waals surface area contributed by atoms with Gasteiger partial charge >= 0.3 is 0 Å². The van der Waals surface area contributed by atoms with Gasteiger partial charge in [-0.2, -0.15) is 0 Å². The van der Waals surface area contributed by atoms with E-state index in [1.165, 1.54) is 0 Å². The number of nitrogens with two attached hydrogens (primary N) is 1. The standard InChI is InChI=1S/C16H18N2O2/c1-11-7-12(17)9-14(8-11)18-13-3-4-15-16(10-13)20-6-2-5-19-15/h3-4,7-10,18H,2,5-6,17H2,1H3. The van der Waals surface area contributed by atoms with Gasteiger partial charge in [0.25, 0.3) is 0 Å². The molecule has 104 valence electrons. The predicted molar refractivity (Wildman–Crippen MR) is 80.9 cm³/mol. The summed E-state index contributed by atoms with van der Waals surface area (Å²) in [6, 6.07) is 11.8. The second-order valence-corrected chi connectivity index (χ2v) is 4.97. The van der Waals surface area contributed by atoms with E-state index in [1.807, 2.05) is 37.3 Å². The third-order valence-corrected chi connectivity index (χ3v) is 3.14. The van der Waals surface area contributed by atoms with Crippen LogP contribution in [0.25, 0.3) is 0 Å². The van der Waals surface area contributed by atoms with Crippen molar-refractivity contribution in [2.75, 3.05) is 24.3 Å². The zero-order valence-electron chi connectivity index (χ0n) is 11.5. The lowest BCUT2D eigenvalue weighted by atomic mass is 10.2. The zero-order chi connectivity index (χ0) is 13.9. The normalized spacial score (nSPS) is 13.7. The highest BCUT2D eigenvalue weighted by atomic mass is 16.5. The lowest BCUT2D eigenvalue weighted by Crippen LogP contribution is -1.97. The number of nitrogens with one attached hydrogen (secondary N) is 1. The Labute approximate surface area is 118 Å². The molecule has 0 radical (unpaired) electrons. The third kappa shape index (κ3) is 2.79. The maximum absolute atomic E-state index is 5.86. The van der Waals surface area contributed by atoms with E-state index in [0.29, 0.717) is 13.2 Å². The Balaban J connectivity index is 1.85. The molecule has 1 aliphatic rings. The summed E-state index contributed by atoms with van der Waals surface area (Å²) >= 11 is 0. The molecule has 0 bridgehead atoms. The maximum Gasteiger partial charge on any atom is 0.163 e. The van der Waals surface area contributed by atoms with Gasteiger partial charge in [0.2, 0.25) is 0 Å². The molecule has 0 saturated carbocycles. The van der Waals surface area contributed by atoms with Crippen LogP contribution in [-0.2, 0) is 0 Å². The Morgan fingerprint density at radius 1 is 0.950 bits per heavy atom. The Bertz CT molecular complexity index is 606. The van der Waals surface area contributed by atoms with Crippen LogP contribution in [0, 0.1) is 6.92 Å². The van der Waals surface area contributed by atoms with Gasteiger partial charge in [-0.1, -0.05) is 0 Å². The molecule has 3 rings (SSSR count). The van der Waals surface area contributed by atoms with Crippen LogP contribution in [0.5, 0.6) is 11.5 Å². The van der Waals surface area contributed by atoms with Crippen molar-refractivity contribution in [3.8, 4) is 11.5 Å². The molecule has 0 atom stereocenters. The zero-order valence-corrected chi connectivity index (χ0v) is 11.5. The molecule has 1 aliphatic heterocycles. The third-order valence-electron chi connectivity index (χ3n) is 3.14. The van der Waals surface area contributed by atoms with E-state index in [9.17, 15) is 0 Å². The van der Waals surface area contributed by atoms with Crippen LogP contribution < -0.4 is 20.5 Å². The Morgan fingerprint density at radius 3 is 2.55 bits per heavy atom. The van der Waals surface area contributed by atoms with Gasteiger partial charge in [-0.15, -0.1) is 0 Å². The van der Waals surface area contributed by atoms with Crippen molar-refractivity contribution in [3.05, 3.63) is 42.0 Å². The quantitative estimate of drug-likeness (QED) is 0.820. The van der Waals surface area contributed by atoms with Crippen LogP contribution in [0.1, 0.15) is 12.0 Å². The second kappa shape index (κ2) is 5.33. The number of aryl methyl sites for hydroxylation is 1. The van der Waals surface area contributed by atoms with Crippen molar-refractivity contribution in [2.45, 2.75) is 13.3 Å². The number of benzene rings is 2. The van der Waals surface area contributed by atoms with Gasteiger partial charge in [0.05, 0.1) is 13.2 Å². The van der Waals surface area contributed by atoms with Gasteiger partial charge in [0.15, 0.2) is 11.5 Å². The maximum atomic E-state index is 5.86. The summed E-state index contributed by atoms with van der Waals surface area (Å²) in [5, 5.41) is 3.34. The molecule has 1 heterocycles. The fourth-order valence-corrected chi connectivity index (χ4v) is 2.29. The minimum Gasteiger partial charge on any atom is -0.490 e. The molecule has 0 amide bonds. The highest BCUT2D eigenvalue weighted by Crippen LogP contribution is 2.33. The fourth-order valence-electron chi connectivity index (χ4n) is 2.29. The van der Waals surface area contributed by atoms with Crippen LogP contribution in [-0.4, -0.2) is 13.2 Å². The first-order valence-corrected chi connectivity index (χ1v) is 6.74. The first kappa shape index (κ1) is 12.7. The predicted octanol–water partition coefficient (Wildman–Crippen LogP) is 3.48. The lowest BCUT2D eigenvalue weighted by Gasteiger charge is -2.12. The molecule has 0 unspecified atom stereocenters. The van der Waals surface area contributed by atoms with Crippen molar-refractivity contribution in [1.29, 1.82) is 0 Å². The monoisotopic (exact) mass is 270 g/mol. The van der Waals surface area contributed by atoms with Crippen LogP contribution in [0.3, 0.4) is 0 Å². The minimum atomic E-state index is 0.688. The number of nitrogen functional groups attached to an aromatic ring is 1. The van der Waals surface area contributed by atoms with E-state index in [-0.39, 0.29) is 0 Å². The van der Waals surface area contributed by atoms with Gasteiger partial charge in [-0.3, -0.25) is 0 Å². The second-order valence-electron chi connectivity index (χ2n) is 4.97. The van der Waals surface area contributed by atoms with Gasteiger partial charge < -0.3 is 20.5 Å². The molecule has 2 aromatic rings. The largest absolute Gasteiger partial charge is 0.490 e. The van der Waals surface area contributed by atoms with E-state index in [4.69, 9.17) is 15.2 Å². The molecular formula is C16H18N2O2. The Hall–Kier alpha value is -2.36. The summed E-state index contributed by atoms with van der Waals surface area (Å²) in [7, 11) is 0. The fraction of sp³-hybridized carbons (Fsp3) is 0.250. The molecule has 4 heteroatoms. The number of rotatable bonds is 2. The van der Waals surface area contributed by atoms with Gasteiger partial charge in [-0.25, -0.2) is 0 Å². The van der Waals surface area contributed by atoms with Gasteiger partial charge in [0.1, 0.15) is 0 Å². The smallest absolute Gasteiger partial charge is 0.163 e. The van der Waals surface area contributed by atoms with E-state index < -0.39 is 0 Å². The SMILES string of the molecule is Cc1cc(N)cc(Nc2ccc3c(c2)OCCCO3)c1. The molecule has 0 aliphatic carbocycles. The average Bonchev–Trinajstić information content (AvgIpc) is 2.62. The van der Waals surface area contributed by atoms with E-state index >= 15 is 0 Å². The lowest BCUT2D eigenvalue weighted by molar-refractivity contribution is 0.297. The van der Waals surface area contributed by atoms with Crippen LogP contribution in [0.4, 0.5) is 17.1 Å². The van der Waals surface area contributed by atoms with Crippen molar-refractivity contribution in [2.24, 2.45) is 0 Å². The summed E-state index contributed by atoms with van der Waals surface area (Å²) in [5.74, 6) is 1.59. The number of hydrogen-bond acceptors (Lipinski definition) is 4. The summed E-state index contributed by atoms with van der Waals surface area (Å²) in [6.45, 7) is 3.41. The van der Waals surface area contributed by atoms with E-state index in [2.05, 4.69) is 11.4 Å². The molecule has 20 heavy (non-hydrogen) atoms. The van der Waals surface area contributed by atoms with Gasteiger partial charge in [0, 0.05) is 29.5 Å². The average molecular weight is 270 g/mol. The number of ether oxygens (including phenoxy) is 2. The highest BCUT2D eigenvalue weighted by Gasteiger charge is 2.10. The summed E-state index contributed by atoms with van der Waals surface area (Å²) in [6.07, 6.45) is 0.909. The minimum absolute atomic E-state index is 0.688. The molecule has 0 aromatic heterocycles. The van der Waals surface area contributed by atoms with Crippen LogP contribution in [0.15, 0.2) is 36.4 Å². The van der Waals surface area contributed by atoms with Crippen LogP contribution in [0.2, 0.25) is 0 Å². The first-order valence-electron chi connectivity index (χ1n) is 6.74. The number of fused-ring (bicyclic) bond motifs is 1. The Morgan fingerprint density at radius 2 is 1.75 bits per heavy atom. The summed E-state index contributed by atoms with van der Waals surface area (Å²) in [4.78, 5) is 0. The molecule has 3 N–H and O–H groups in total. The van der Waals surface area contributed by atoms with Crippen molar-refractivity contribution < 1.29 is 9.47 Å².